The van der Waals surface area contributed by atoms with Gasteiger partial charge in [-0.3, -0.25) is 4.98 Å². The Kier molecular flexibility index (Phi) is 7.90. The number of hydrogen-bond donors (Lipinski definition) is 2. The second-order valence-electron chi connectivity index (χ2n) is 8.64. The Balaban J connectivity index is 1.54. The predicted octanol–water partition coefficient (Wildman–Crippen LogP) is 3.18. The van der Waals surface area contributed by atoms with Crippen LogP contribution in [0.2, 0.25) is 0 Å². The lowest BCUT2D eigenvalue weighted by atomic mass is 9.99. The SMILES string of the molecule is COCCNc1nccc(N2CCN(/C(=N\C#N)Nc3cccc4ncccc34)C(C(C)C)C2)n1. The zero-order valence-corrected chi connectivity index (χ0v) is 20.3. The molecule has 182 valence electrons. The van der Waals surface area contributed by atoms with Crippen LogP contribution in [0.4, 0.5) is 17.5 Å². The van der Waals surface area contributed by atoms with Crippen molar-refractivity contribution in [3.63, 3.8) is 0 Å². The number of nitrogens with one attached hydrogen (secondary N) is 2. The van der Waals surface area contributed by atoms with Gasteiger partial charge >= 0.3 is 0 Å². The molecule has 35 heavy (non-hydrogen) atoms. The Labute approximate surface area is 205 Å². The van der Waals surface area contributed by atoms with Gasteiger partial charge in [-0.25, -0.2) is 4.98 Å². The molecule has 1 unspecified atom stereocenters. The summed E-state index contributed by atoms with van der Waals surface area (Å²) in [5.41, 5.74) is 1.76. The summed E-state index contributed by atoms with van der Waals surface area (Å²) < 4.78 is 5.09. The van der Waals surface area contributed by atoms with E-state index in [1.807, 2.05) is 42.6 Å². The fourth-order valence-corrected chi connectivity index (χ4v) is 4.27. The quantitative estimate of drug-likeness (QED) is 0.231. The van der Waals surface area contributed by atoms with Crippen molar-refractivity contribution in [2.24, 2.45) is 10.9 Å². The number of aromatic nitrogens is 3. The monoisotopic (exact) mass is 473 g/mol. The highest BCUT2D eigenvalue weighted by Crippen LogP contribution is 2.25. The second-order valence-corrected chi connectivity index (χ2v) is 8.64. The van der Waals surface area contributed by atoms with Crippen LogP contribution in [0.1, 0.15) is 13.8 Å². The first-order valence-electron chi connectivity index (χ1n) is 11.8. The maximum absolute atomic E-state index is 9.47. The molecule has 3 heterocycles. The fourth-order valence-electron chi connectivity index (χ4n) is 4.27. The molecule has 2 aromatic heterocycles. The second kappa shape index (κ2) is 11.4. The van der Waals surface area contributed by atoms with Crippen molar-refractivity contribution in [2.45, 2.75) is 19.9 Å². The van der Waals surface area contributed by atoms with Crippen LogP contribution in [0.5, 0.6) is 0 Å². The lowest BCUT2D eigenvalue weighted by Gasteiger charge is -2.45. The molecule has 10 nitrogen and oxygen atoms in total. The molecule has 0 bridgehead atoms. The van der Waals surface area contributed by atoms with E-state index in [2.05, 4.69) is 49.2 Å². The number of benzene rings is 1. The predicted molar refractivity (Wildman–Crippen MR) is 138 cm³/mol. The number of hydrogen-bond acceptors (Lipinski definition) is 8. The number of guanidine groups is 1. The van der Waals surface area contributed by atoms with Crippen molar-refractivity contribution in [3.05, 3.63) is 48.8 Å². The summed E-state index contributed by atoms with van der Waals surface area (Å²) in [6, 6.07) is 11.9. The van der Waals surface area contributed by atoms with Gasteiger partial charge in [-0.15, -0.1) is 4.99 Å². The summed E-state index contributed by atoms with van der Waals surface area (Å²) in [6.45, 7) is 7.77. The van der Waals surface area contributed by atoms with E-state index in [0.717, 1.165) is 35.5 Å². The largest absolute Gasteiger partial charge is 0.383 e. The lowest BCUT2D eigenvalue weighted by Crippen LogP contribution is -2.58. The number of rotatable bonds is 7. The molecule has 0 saturated carbocycles. The van der Waals surface area contributed by atoms with Gasteiger partial charge in [0.15, 0.2) is 0 Å². The molecular formula is C25H31N9O. The molecule has 1 atom stereocenters. The number of nitriles is 1. The number of anilines is 3. The molecule has 2 N–H and O–H groups in total. The van der Waals surface area contributed by atoms with Gasteiger partial charge in [-0.2, -0.15) is 10.2 Å². The van der Waals surface area contributed by atoms with E-state index in [1.165, 1.54) is 0 Å². The number of ether oxygens (including phenoxy) is 1. The number of aliphatic imine (C=N–C) groups is 1. The van der Waals surface area contributed by atoms with Gasteiger partial charge in [0, 0.05) is 51.1 Å². The van der Waals surface area contributed by atoms with Crippen molar-refractivity contribution < 1.29 is 4.74 Å². The van der Waals surface area contributed by atoms with Crippen molar-refractivity contribution in [1.29, 1.82) is 5.26 Å². The van der Waals surface area contributed by atoms with Crippen LogP contribution in [0.15, 0.2) is 53.8 Å². The summed E-state index contributed by atoms with van der Waals surface area (Å²) in [7, 11) is 1.67. The lowest BCUT2D eigenvalue weighted by molar-refractivity contribution is 0.210. The summed E-state index contributed by atoms with van der Waals surface area (Å²) >= 11 is 0. The highest BCUT2D eigenvalue weighted by atomic mass is 16.5. The molecular weight excluding hydrogens is 442 g/mol. The minimum Gasteiger partial charge on any atom is -0.383 e. The zero-order chi connectivity index (χ0) is 24.6. The molecule has 1 aromatic carbocycles. The molecule has 0 aliphatic carbocycles. The molecule has 1 saturated heterocycles. The van der Waals surface area contributed by atoms with Crippen LogP contribution >= 0.6 is 0 Å². The van der Waals surface area contributed by atoms with Crippen LogP contribution in [-0.2, 0) is 4.74 Å². The first-order chi connectivity index (χ1) is 17.1. The Morgan fingerprint density at radius 3 is 2.89 bits per heavy atom. The molecule has 0 amide bonds. The van der Waals surface area contributed by atoms with Gasteiger partial charge in [-0.05, 0) is 36.2 Å². The van der Waals surface area contributed by atoms with Crippen molar-refractivity contribution in [2.75, 3.05) is 55.4 Å². The van der Waals surface area contributed by atoms with Gasteiger partial charge < -0.3 is 25.2 Å². The Bertz CT molecular complexity index is 1200. The van der Waals surface area contributed by atoms with Gasteiger partial charge in [0.1, 0.15) is 5.82 Å². The standard InChI is InChI=1S/C25H31N9O/c1-18(2)22-16-33(23-9-11-28-24(32-23)29-12-15-35-3)13-14-34(22)25(30-17-26)31-21-8-4-7-20-19(21)6-5-10-27-20/h4-11,18,22H,12-16H2,1-3H3,(H,30,31)(H,28,29,32). The van der Waals surface area contributed by atoms with Gasteiger partial charge in [0.05, 0.1) is 23.9 Å². The minimum atomic E-state index is 0.122. The zero-order valence-electron chi connectivity index (χ0n) is 20.3. The van der Waals surface area contributed by atoms with Crippen LogP contribution in [0.3, 0.4) is 0 Å². The third kappa shape index (κ3) is 5.75. The molecule has 1 fully saturated rings. The van der Waals surface area contributed by atoms with E-state index < -0.39 is 0 Å². The Hall–Kier alpha value is -3.97. The average Bonchev–Trinajstić information content (AvgIpc) is 2.88. The molecule has 0 radical (unpaired) electrons. The van der Waals surface area contributed by atoms with Crippen LogP contribution in [0.25, 0.3) is 10.9 Å². The third-order valence-corrected chi connectivity index (χ3v) is 6.06. The number of nitrogens with zero attached hydrogens (tertiary/aromatic N) is 7. The number of pyridine rings is 1. The van der Waals surface area contributed by atoms with Crippen LogP contribution < -0.4 is 15.5 Å². The van der Waals surface area contributed by atoms with Crippen LogP contribution in [-0.4, -0.2) is 71.7 Å². The maximum atomic E-state index is 9.47. The van der Waals surface area contributed by atoms with E-state index >= 15 is 0 Å². The van der Waals surface area contributed by atoms with E-state index in [-0.39, 0.29) is 6.04 Å². The molecule has 3 aromatic rings. The molecule has 10 heteroatoms. The fraction of sp³-hybridized carbons (Fsp3) is 0.400. The average molecular weight is 474 g/mol. The van der Waals surface area contributed by atoms with E-state index in [1.54, 1.807) is 19.5 Å². The van der Waals surface area contributed by atoms with E-state index in [4.69, 9.17) is 9.72 Å². The molecule has 1 aliphatic rings. The summed E-state index contributed by atoms with van der Waals surface area (Å²) in [5.74, 6) is 2.32. The first kappa shape index (κ1) is 24.2. The van der Waals surface area contributed by atoms with E-state index in [9.17, 15) is 5.26 Å². The van der Waals surface area contributed by atoms with Crippen molar-refractivity contribution in [1.82, 2.24) is 19.9 Å². The minimum absolute atomic E-state index is 0.122. The summed E-state index contributed by atoms with van der Waals surface area (Å²) in [4.78, 5) is 22.1. The van der Waals surface area contributed by atoms with Gasteiger partial charge in [-0.1, -0.05) is 19.9 Å². The number of fused-ring (bicyclic) bond motifs is 1. The Morgan fingerprint density at radius 2 is 2.09 bits per heavy atom. The van der Waals surface area contributed by atoms with E-state index in [0.29, 0.717) is 37.5 Å². The third-order valence-electron chi connectivity index (χ3n) is 6.06. The molecule has 4 rings (SSSR count). The van der Waals surface area contributed by atoms with Gasteiger partial charge in [0.25, 0.3) is 0 Å². The molecule has 0 spiro atoms. The molecule has 1 aliphatic heterocycles. The summed E-state index contributed by atoms with van der Waals surface area (Å²) in [6.07, 6.45) is 5.53. The first-order valence-corrected chi connectivity index (χ1v) is 11.8. The normalized spacial score (nSPS) is 16.4. The Morgan fingerprint density at radius 1 is 1.20 bits per heavy atom. The number of piperazine rings is 1. The van der Waals surface area contributed by atoms with Crippen molar-refractivity contribution in [3.8, 4) is 6.19 Å². The topological polar surface area (TPSA) is 115 Å². The van der Waals surface area contributed by atoms with Crippen LogP contribution in [0, 0.1) is 17.4 Å². The number of methoxy groups -OCH3 is 1. The smallest absolute Gasteiger partial charge is 0.224 e. The highest BCUT2D eigenvalue weighted by Gasteiger charge is 2.32. The van der Waals surface area contributed by atoms with Gasteiger partial charge in [0.2, 0.25) is 18.1 Å². The maximum Gasteiger partial charge on any atom is 0.224 e. The van der Waals surface area contributed by atoms with Crippen molar-refractivity contribution >= 4 is 34.3 Å². The highest BCUT2D eigenvalue weighted by molar-refractivity contribution is 6.02. The summed E-state index contributed by atoms with van der Waals surface area (Å²) in [5, 5.41) is 17.1.